The molecule has 0 amide bonds. The second-order valence-electron chi connectivity index (χ2n) is 4.89. The van der Waals surface area contributed by atoms with Crippen LogP contribution in [-0.4, -0.2) is 21.8 Å². The van der Waals surface area contributed by atoms with Crippen molar-refractivity contribution in [3.8, 4) is 0 Å². The Labute approximate surface area is 92.2 Å². The highest BCUT2D eigenvalue weighted by molar-refractivity contribution is 5.81. The van der Waals surface area contributed by atoms with E-state index in [1.807, 2.05) is 6.33 Å². The molecule has 3 heteroatoms. The summed E-state index contributed by atoms with van der Waals surface area (Å²) in [6.07, 6.45) is 3.99. The van der Waals surface area contributed by atoms with Gasteiger partial charge in [0.15, 0.2) is 0 Å². The molecule has 0 saturated carbocycles. The molecule has 84 valence electrons. The molecule has 15 heavy (non-hydrogen) atoms. The molecule has 0 fully saturated rings. The second-order valence-corrected chi connectivity index (χ2v) is 4.89. The normalized spacial score (nSPS) is 13.3. The van der Waals surface area contributed by atoms with Gasteiger partial charge in [-0.2, -0.15) is 0 Å². The maximum Gasteiger partial charge on any atom is 0.0953 e. The molecular weight excluding hydrogens is 186 g/mol. The number of rotatable bonds is 3. The van der Waals surface area contributed by atoms with Crippen LogP contribution in [0.3, 0.4) is 0 Å². The van der Waals surface area contributed by atoms with Crippen LogP contribution in [0, 0.1) is 0 Å². The van der Waals surface area contributed by atoms with Gasteiger partial charge < -0.3 is 4.57 Å². The zero-order valence-corrected chi connectivity index (χ0v) is 10.4. The van der Waals surface area contributed by atoms with E-state index in [1.54, 1.807) is 0 Å². The van der Waals surface area contributed by atoms with Gasteiger partial charge >= 0.3 is 0 Å². The summed E-state index contributed by atoms with van der Waals surface area (Å²) < 4.78 is 2.09. The molecule has 0 bridgehead atoms. The Hall–Kier alpha value is -1.12. The molecule has 0 aliphatic rings. The van der Waals surface area contributed by atoms with Crippen molar-refractivity contribution in [2.45, 2.75) is 46.6 Å². The molecule has 0 aliphatic heterocycles. The molecule has 1 aromatic rings. The van der Waals surface area contributed by atoms with Gasteiger partial charge in [0.2, 0.25) is 0 Å². The summed E-state index contributed by atoms with van der Waals surface area (Å²) in [5.74, 6) is 0. The summed E-state index contributed by atoms with van der Waals surface area (Å²) in [6, 6.07) is 0. The summed E-state index contributed by atoms with van der Waals surface area (Å²) in [5.41, 5.74) is 2.41. The fourth-order valence-electron chi connectivity index (χ4n) is 1.42. The molecule has 0 radical (unpaired) electrons. The van der Waals surface area contributed by atoms with E-state index in [9.17, 15) is 0 Å². The first-order valence-electron chi connectivity index (χ1n) is 5.45. The zero-order chi connectivity index (χ0) is 11.5. The van der Waals surface area contributed by atoms with Crippen molar-refractivity contribution in [2.75, 3.05) is 6.54 Å². The molecule has 0 unspecified atom stereocenters. The van der Waals surface area contributed by atoms with Crippen molar-refractivity contribution in [1.82, 2.24) is 9.55 Å². The topological polar surface area (TPSA) is 30.2 Å². The molecule has 3 nitrogen and oxygen atoms in total. The Bertz CT molecular complexity index is 342. The van der Waals surface area contributed by atoms with E-state index < -0.39 is 0 Å². The van der Waals surface area contributed by atoms with Crippen LogP contribution in [-0.2, 0) is 12.0 Å². The highest BCUT2D eigenvalue weighted by atomic mass is 15.0. The molecule has 0 saturated heterocycles. The quantitative estimate of drug-likeness (QED) is 0.701. The average Bonchev–Trinajstić information content (AvgIpc) is 2.52. The van der Waals surface area contributed by atoms with E-state index in [0.717, 1.165) is 24.5 Å². The summed E-state index contributed by atoms with van der Waals surface area (Å²) in [5, 5.41) is 0. The van der Waals surface area contributed by atoms with Crippen molar-refractivity contribution in [3.05, 3.63) is 18.2 Å². The number of aliphatic imine (C=N–C) groups is 1. The lowest BCUT2D eigenvalue weighted by Crippen LogP contribution is -2.11. The Balaban J connectivity index is 2.73. The van der Waals surface area contributed by atoms with Gasteiger partial charge in [-0.05, 0) is 13.8 Å². The third-order valence-electron chi connectivity index (χ3n) is 2.24. The predicted octanol–water partition coefficient (Wildman–Crippen LogP) is 2.66. The van der Waals surface area contributed by atoms with Gasteiger partial charge in [0.25, 0.3) is 0 Å². The number of nitrogens with zero attached hydrogens (tertiary/aromatic N) is 3. The highest BCUT2D eigenvalue weighted by Gasteiger charge is 2.16. The van der Waals surface area contributed by atoms with Crippen molar-refractivity contribution in [1.29, 1.82) is 0 Å². The van der Waals surface area contributed by atoms with Crippen molar-refractivity contribution in [2.24, 2.45) is 4.99 Å². The van der Waals surface area contributed by atoms with Gasteiger partial charge in [0, 0.05) is 23.9 Å². The van der Waals surface area contributed by atoms with Crippen LogP contribution < -0.4 is 0 Å². The lowest BCUT2D eigenvalue weighted by atomic mass is 9.93. The first kappa shape index (κ1) is 12.0. The largest absolute Gasteiger partial charge is 0.332 e. The van der Waals surface area contributed by atoms with Gasteiger partial charge in [0.1, 0.15) is 0 Å². The number of aromatic nitrogens is 2. The van der Waals surface area contributed by atoms with E-state index in [1.165, 1.54) is 0 Å². The fraction of sp³-hybridized carbons (Fsp3) is 0.667. The van der Waals surface area contributed by atoms with E-state index in [-0.39, 0.29) is 5.41 Å². The van der Waals surface area contributed by atoms with Crippen molar-refractivity contribution < 1.29 is 0 Å². The predicted molar refractivity (Wildman–Crippen MR) is 64.6 cm³/mol. The van der Waals surface area contributed by atoms with Crippen LogP contribution in [0.25, 0.3) is 0 Å². The Kier molecular flexibility index (Phi) is 3.66. The molecule has 1 rings (SSSR count). The Morgan fingerprint density at radius 2 is 2.13 bits per heavy atom. The van der Waals surface area contributed by atoms with Gasteiger partial charge in [-0.1, -0.05) is 20.8 Å². The lowest BCUT2D eigenvalue weighted by molar-refractivity contribution is 0.571. The monoisotopic (exact) mass is 207 g/mol. The molecule has 0 aromatic carbocycles. The minimum atomic E-state index is 0.126. The van der Waals surface area contributed by atoms with E-state index in [4.69, 9.17) is 0 Å². The molecule has 0 spiro atoms. The minimum absolute atomic E-state index is 0.126. The second kappa shape index (κ2) is 4.60. The van der Waals surface area contributed by atoms with Crippen molar-refractivity contribution in [3.63, 3.8) is 0 Å². The van der Waals surface area contributed by atoms with Crippen LogP contribution in [0.2, 0.25) is 0 Å². The maximum absolute atomic E-state index is 4.41. The van der Waals surface area contributed by atoms with Gasteiger partial charge in [0.05, 0.1) is 18.6 Å². The zero-order valence-electron chi connectivity index (χ0n) is 10.4. The SMILES string of the molecule is CCN=C(C)Cn1cnc(C(C)(C)C)c1. The molecule has 0 N–H and O–H groups in total. The first-order valence-corrected chi connectivity index (χ1v) is 5.45. The van der Waals surface area contributed by atoms with Crippen LogP contribution in [0.4, 0.5) is 0 Å². The molecule has 1 aromatic heterocycles. The fourth-order valence-corrected chi connectivity index (χ4v) is 1.42. The molecule has 0 aliphatic carbocycles. The van der Waals surface area contributed by atoms with E-state index in [0.29, 0.717) is 0 Å². The third kappa shape index (κ3) is 3.50. The van der Waals surface area contributed by atoms with Gasteiger partial charge in [-0.3, -0.25) is 4.99 Å². The van der Waals surface area contributed by atoms with Crippen LogP contribution in [0.15, 0.2) is 17.5 Å². The minimum Gasteiger partial charge on any atom is -0.332 e. The average molecular weight is 207 g/mol. The molecular formula is C12H21N3. The Morgan fingerprint density at radius 1 is 1.47 bits per heavy atom. The molecule has 1 heterocycles. The van der Waals surface area contributed by atoms with Crippen LogP contribution in [0.1, 0.15) is 40.3 Å². The molecule has 0 atom stereocenters. The summed E-state index contributed by atoms with van der Waals surface area (Å²) in [6.45, 7) is 12.3. The number of hydrogen-bond acceptors (Lipinski definition) is 2. The van der Waals surface area contributed by atoms with E-state index >= 15 is 0 Å². The Morgan fingerprint density at radius 3 is 2.60 bits per heavy atom. The van der Waals surface area contributed by atoms with Crippen molar-refractivity contribution >= 4 is 5.71 Å². The highest BCUT2D eigenvalue weighted by Crippen LogP contribution is 2.19. The number of imidazole rings is 1. The smallest absolute Gasteiger partial charge is 0.0953 e. The van der Waals surface area contributed by atoms with Gasteiger partial charge in [-0.15, -0.1) is 0 Å². The van der Waals surface area contributed by atoms with Crippen LogP contribution in [0.5, 0.6) is 0 Å². The number of hydrogen-bond donors (Lipinski definition) is 0. The van der Waals surface area contributed by atoms with Crippen LogP contribution >= 0.6 is 0 Å². The lowest BCUT2D eigenvalue weighted by Gasteiger charge is -2.14. The summed E-state index contributed by atoms with van der Waals surface area (Å²) in [7, 11) is 0. The summed E-state index contributed by atoms with van der Waals surface area (Å²) in [4.78, 5) is 8.77. The maximum atomic E-state index is 4.41. The standard InChI is InChI=1S/C12H21N3/c1-6-13-10(2)7-15-8-11(14-9-15)12(3,4)5/h8-9H,6-7H2,1-5H3. The van der Waals surface area contributed by atoms with E-state index in [2.05, 4.69) is 55.4 Å². The third-order valence-corrected chi connectivity index (χ3v) is 2.24. The van der Waals surface area contributed by atoms with Gasteiger partial charge in [-0.25, -0.2) is 4.98 Å². The first-order chi connectivity index (χ1) is 6.93. The summed E-state index contributed by atoms with van der Waals surface area (Å²) >= 11 is 0.